The molecule has 0 radical (unpaired) electrons. The van der Waals surface area contributed by atoms with Gasteiger partial charge in [-0.3, -0.25) is 14.8 Å². The second-order valence-electron chi connectivity index (χ2n) is 4.07. The molecule has 2 rings (SSSR count). The van der Waals surface area contributed by atoms with Crippen molar-refractivity contribution in [3.05, 3.63) is 46.3 Å². The monoisotopic (exact) mass is 291 g/mol. The number of carbonyl (C=O) groups excluding carboxylic acids is 1. The molecule has 0 amide bonds. The Hall–Kier alpha value is -2.90. The van der Waals surface area contributed by atoms with Crippen LogP contribution in [0.25, 0.3) is 0 Å². The van der Waals surface area contributed by atoms with Crippen molar-refractivity contribution in [2.24, 2.45) is 0 Å². The van der Waals surface area contributed by atoms with Gasteiger partial charge in [-0.1, -0.05) is 0 Å². The topological polar surface area (TPSA) is 96.5 Å². The number of hydrogen-bond acceptors (Lipinski definition) is 6. The van der Waals surface area contributed by atoms with Crippen molar-refractivity contribution in [1.82, 2.24) is 9.78 Å². The average molecular weight is 291 g/mol. The van der Waals surface area contributed by atoms with E-state index in [0.29, 0.717) is 6.54 Å². The highest BCUT2D eigenvalue weighted by Crippen LogP contribution is 2.31. The molecule has 21 heavy (non-hydrogen) atoms. The van der Waals surface area contributed by atoms with Crippen molar-refractivity contribution in [3.63, 3.8) is 0 Å². The highest BCUT2D eigenvalue weighted by Gasteiger charge is 2.17. The number of nitro groups is 1. The standard InChI is InChI=1S/C13H13N3O5/c1-3-15-8-9(7-14-15)13(17)21-12-6-10(16(18)19)4-5-11(12)20-2/h4-8H,3H2,1-2H3. The molecule has 0 fully saturated rings. The summed E-state index contributed by atoms with van der Waals surface area (Å²) in [6, 6.07) is 3.78. The van der Waals surface area contributed by atoms with Gasteiger partial charge >= 0.3 is 5.97 Å². The maximum atomic E-state index is 12.0. The first-order chi connectivity index (χ1) is 10.0. The van der Waals surface area contributed by atoms with Crippen molar-refractivity contribution in [2.75, 3.05) is 7.11 Å². The molecule has 0 saturated heterocycles. The van der Waals surface area contributed by atoms with Crippen molar-refractivity contribution >= 4 is 11.7 Å². The summed E-state index contributed by atoms with van der Waals surface area (Å²) in [4.78, 5) is 22.2. The minimum Gasteiger partial charge on any atom is -0.493 e. The summed E-state index contributed by atoms with van der Waals surface area (Å²) in [5, 5.41) is 14.7. The van der Waals surface area contributed by atoms with Crippen LogP contribution in [0, 0.1) is 10.1 Å². The number of aryl methyl sites for hydroxylation is 1. The lowest BCUT2D eigenvalue weighted by Gasteiger charge is -2.07. The molecule has 0 N–H and O–H groups in total. The molecule has 0 spiro atoms. The maximum absolute atomic E-state index is 12.0. The van der Waals surface area contributed by atoms with Gasteiger partial charge in [0.25, 0.3) is 5.69 Å². The minimum absolute atomic E-state index is 0.0130. The minimum atomic E-state index is -0.659. The highest BCUT2D eigenvalue weighted by atomic mass is 16.6. The van der Waals surface area contributed by atoms with Crippen LogP contribution < -0.4 is 9.47 Å². The first-order valence-electron chi connectivity index (χ1n) is 6.12. The van der Waals surface area contributed by atoms with Crippen LogP contribution in [0.2, 0.25) is 0 Å². The van der Waals surface area contributed by atoms with Crippen LogP contribution in [-0.2, 0) is 6.54 Å². The van der Waals surface area contributed by atoms with E-state index < -0.39 is 10.9 Å². The number of methoxy groups -OCH3 is 1. The van der Waals surface area contributed by atoms with Crippen molar-refractivity contribution < 1.29 is 19.2 Å². The van der Waals surface area contributed by atoms with Gasteiger partial charge in [-0.25, -0.2) is 4.79 Å². The van der Waals surface area contributed by atoms with E-state index >= 15 is 0 Å². The molecule has 0 saturated carbocycles. The van der Waals surface area contributed by atoms with Crippen LogP contribution in [0.15, 0.2) is 30.6 Å². The normalized spacial score (nSPS) is 10.2. The molecule has 1 heterocycles. The molecular formula is C13H13N3O5. The summed E-state index contributed by atoms with van der Waals surface area (Å²) in [7, 11) is 1.38. The number of nitro benzene ring substituents is 1. The number of aromatic nitrogens is 2. The van der Waals surface area contributed by atoms with E-state index in [0.717, 1.165) is 6.07 Å². The largest absolute Gasteiger partial charge is 0.493 e. The number of esters is 1. The van der Waals surface area contributed by atoms with Crippen LogP contribution in [0.1, 0.15) is 17.3 Å². The van der Waals surface area contributed by atoms with Gasteiger partial charge in [0.15, 0.2) is 11.5 Å². The quantitative estimate of drug-likeness (QED) is 0.362. The van der Waals surface area contributed by atoms with E-state index in [-0.39, 0.29) is 22.7 Å². The van der Waals surface area contributed by atoms with E-state index in [4.69, 9.17) is 9.47 Å². The summed E-state index contributed by atoms with van der Waals surface area (Å²) in [6.07, 6.45) is 2.90. The zero-order valence-corrected chi connectivity index (χ0v) is 11.5. The van der Waals surface area contributed by atoms with Gasteiger partial charge in [0.05, 0.1) is 29.9 Å². The molecule has 1 aromatic heterocycles. The summed E-state index contributed by atoms with van der Waals surface area (Å²) >= 11 is 0. The summed E-state index contributed by atoms with van der Waals surface area (Å²) in [5.74, 6) is -0.439. The number of hydrogen-bond donors (Lipinski definition) is 0. The van der Waals surface area contributed by atoms with E-state index in [2.05, 4.69) is 5.10 Å². The Balaban J connectivity index is 2.26. The predicted molar refractivity (Wildman–Crippen MR) is 72.5 cm³/mol. The predicted octanol–water partition coefficient (Wildman–Crippen LogP) is 2.04. The molecule has 0 aliphatic heterocycles. The van der Waals surface area contributed by atoms with Crippen molar-refractivity contribution in [2.45, 2.75) is 13.5 Å². The van der Waals surface area contributed by atoms with Gasteiger partial charge in [-0.15, -0.1) is 0 Å². The molecule has 0 bridgehead atoms. The lowest BCUT2D eigenvalue weighted by Crippen LogP contribution is -2.08. The number of ether oxygens (including phenoxy) is 2. The van der Waals surface area contributed by atoms with Crippen molar-refractivity contribution in [3.8, 4) is 11.5 Å². The first kappa shape index (κ1) is 14.5. The number of carbonyl (C=O) groups is 1. The van der Waals surface area contributed by atoms with E-state index in [1.54, 1.807) is 4.68 Å². The fourth-order valence-corrected chi connectivity index (χ4v) is 1.66. The van der Waals surface area contributed by atoms with Gasteiger partial charge in [-0.2, -0.15) is 5.10 Å². The van der Waals surface area contributed by atoms with Gasteiger partial charge in [0.2, 0.25) is 0 Å². The number of rotatable bonds is 5. The zero-order chi connectivity index (χ0) is 15.4. The molecule has 0 atom stereocenters. The third-order valence-electron chi connectivity index (χ3n) is 2.75. The van der Waals surface area contributed by atoms with Gasteiger partial charge < -0.3 is 9.47 Å². The Kier molecular flexibility index (Phi) is 4.17. The van der Waals surface area contributed by atoms with Crippen molar-refractivity contribution in [1.29, 1.82) is 0 Å². The fraction of sp³-hybridized carbons (Fsp3) is 0.231. The van der Waals surface area contributed by atoms with E-state index in [1.165, 1.54) is 31.6 Å². The molecule has 8 heteroatoms. The maximum Gasteiger partial charge on any atom is 0.346 e. The molecular weight excluding hydrogens is 278 g/mol. The van der Waals surface area contributed by atoms with Gasteiger partial charge in [0, 0.05) is 18.8 Å². The smallest absolute Gasteiger partial charge is 0.346 e. The van der Waals surface area contributed by atoms with E-state index in [1.807, 2.05) is 6.92 Å². The molecule has 0 unspecified atom stereocenters. The van der Waals surface area contributed by atoms with Crippen LogP contribution in [0.4, 0.5) is 5.69 Å². The molecule has 0 aliphatic carbocycles. The van der Waals surface area contributed by atoms with Crippen LogP contribution in [-0.4, -0.2) is 27.8 Å². The fourth-order valence-electron chi connectivity index (χ4n) is 1.66. The number of non-ortho nitro benzene ring substituents is 1. The molecule has 0 aliphatic rings. The highest BCUT2D eigenvalue weighted by molar-refractivity contribution is 5.90. The Morgan fingerprint density at radius 2 is 2.19 bits per heavy atom. The molecule has 8 nitrogen and oxygen atoms in total. The Labute approximate surface area is 120 Å². The Bertz CT molecular complexity index is 680. The van der Waals surface area contributed by atoms with Crippen LogP contribution >= 0.6 is 0 Å². The lowest BCUT2D eigenvalue weighted by atomic mass is 10.3. The second kappa shape index (κ2) is 6.04. The van der Waals surface area contributed by atoms with Gasteiger partial charge in [0.1, 0.15) is 0 Å². The summed E-state index contributed by atoms with van der Waals surface area (Å²) in [6.45, 7) is 2.50. The first-order valence-corrected chi connectivity index (χ1v) is 6.12. The third-order valence-corrected chi connectivity index (χ3v) is 2.75. The summed E-state index contributed by atoms with van der Waals surface area (Å²) in [5.41, 5.74) is 0.0632. The SMILES string of the molecule is CCn1cc(C(=O)Oc2cc([N+](=O)[O-])ccc2OC)cn1. The Morgan fingerprint density at radius 1 is 1.43 bits per heavy atom. The lowest BCUT2D eigenvalue weighted by molar-refractivity contribution is -0.384. The van der Waals surface area contributed by atoms with Crippen LogP contribution in [0.5, 0.6) is 11.5 Å². The van der Waals surface area contributed by atoms with Gasteiger partial charge in [-0.05, 0) is 13.0 Å². The zero-order valence-electron chi connectivity index (χ0n) is 11.5. The van der Waals surface area contributed by atoms with Crippen LogP contribution in [0.3, 0.4) is 0 Å². The average Bonchev–Trinajstić information content (AvgIpc) is 2.96. The molecule has 1 aromatic carbocycles. The third kappa shape index (κ3) is 3.16. The number of nitrogens with zero attached hydrogens (tertiary/aromatic N) is 3. The molecule has 110 valence electrons. The Morgan fingerprint density at radius 3 is 2.76 bits per heavy atom. The number of benzene rings is 1. The molecule has 2 aromatic rings. The summed E-state index contributed by atoms with van der Waals surface area (Å²) < 4.78 is 11.7. The van der Waals surface area contributed by atoms with E-state index in [9.17, 15) is 14.9 Å². The second-order valence-corrected chi connectivity index (χ2v) is 4.07.